The van der Waals surface area contributed by atoms with Gasteiger partial charge in [-0.05, 0) is 56.9 Å². The van der Waals surface area contributed by atoms with Gasteiger partial charge in [0.2, 0.25) is 5.91 Å². The summed E-state index contributed by atoms with van der Waals surface area (Å²) in [7, 11) is 1.31. The van der Waals surface area contributed by atoms with Crippen molar-refractivity contribution in [2.24, 2.45) is 0 Å². The Morgan fingerprint density at radius 3 is 2.31 bits per heavy atom. The Bertz CT molecular complexity index is 930. The predicted molar refractivity (Wildman–Crippen MR) is 117 cm³/mol. The molecule has 0 bridgehead atoms. The van der Waals surface area contributed by atoms with E-state index in [-0.39, 0.29) is 29.9 Å². The second kappa shape index (κ2) is 9.84. The van der Waals surface area contributed by atoms with E-state index in [2.05, 4.69) is 22.0 Å². The van der Waals surface area contributed by atoms with Gasteiger partial charge in [-0.1, -0.05) is 5.92 Å². The molecule has 1 aromatic carbocycles. The van der Waals surface area contributed by atoms with E-state index >= 15 is 0 Å². The number of nitrogens with one attached hydrogen (secondary N) is 1. The van der Waals surface area contributed by atoms with Gasteiger partial charge in [-0.15, -0.1) is 6.42 Å². The maximum atomic E-state index is 12.8. The number of terminal acetylenes is 1. The lowest BCUT2D eigenvalue weighted by molar-refractivity contribution is -0.131. The number of esters is 1. The number of nitriles is 1. The zero-order valence-electron chi connectivity index (χ0n) is 18.5. The summed E-state index contributed by atoms with van der Waals surface area (Å²) in [6.07, 6.45) is 8.16. The Morgan fingerprint density at radius 1 is 1.16 bits per heavy atom. The van der Waals surface area contributed by atoms with E-state index in [0.29, 0.717) is 49.9 Å². The molecule has 168 valence electrons. The van der Waals surface area contributed by atoms with Gasteiger partial charge in [0.05, 0.1) is 31.3 Å². The third-order valence-corrected chi connectivity index (χ3v) is 6.39. The maximum absolute atomic E-state index is 12.8. The standard InChI is InChI=1S/C24H28N4O4/c1-4-19-9-10-20(15-25)28(19)21(29)16-26-24(2)11-13-27(14-12-24)22(30)17-5-7-18(8-6-17)23(31)32-3/h1,5-8,19-20,26H,9-14,16H2,2-3H3/t19-,20-/m0/s1. The summed E-state index contributed by atoms with van der Waals surface area (Å²) in [6.45, 7) is 3.24. The summed E-state index contributed by atoms with van der Waals surface area (Å²) in [5.41, 5.74) is 0.614. The largest absolute Gasteiger partial charge is 0.465 e. The van der Waals surface area contributed by atoms with E-state index in [1.54, 1.807) is 29.2 Å². The van der Waals surface area contributed by atoms with Gasteiger partial charge in [-0.3, -0.25) is 9.59 Å². The second-order valence-electron chi connectivity index (χ2n) is 8.48. The molecule has 0 spiro atoms. The summed E-state index contributed by atoms with van der Waals surface area (Å²) < 4.78 is 4.68. The van der Waals surface area contributed by atoms with Crippen LogP contribution >= 0.6 is 0 Å². The molecule has 2 saturated heterocycles. The molecule has 2 amide bonds. The molecule has 0 aliphatic carbocycles. The van der Waals surface area contributed by atoms with Gasteiger partial charge in [0.25, 0.3) is 5.91 Å². The minimum Gasteiger partial charge on any atom is -0.465 e. The summed E-state index contributed by atoms with van der Waals surface area (Å²) in [5, 5.41) is 12.6. The van der Waals surface area contributed by atoms with Crippen LogP contribution in [0.3, 0.4) is 0 Å². The minimum absolute atomic E-state index is 0.0923. The van der Waals surface area contributed by atoms with Crippen molar-refractivity contribution in [2.75, 3.05) is 26.7 Å². The first kappa shape index (κ1) is 23.3. The number of hydrogen-bond acceptors (Lipinski definition) is 6. The van der Waals surface area contributed by atoms with E-state index in [1.807, 2.05) is 6.92 Å². The van der Waals surface area contributed by atoms with Crippen LogP contribution in [-0.2, 0) is 9.53 Å². The predicted octanol–water partition coefficient (Wildman–Crippen LogP) is 1.57. The van der Waals surface area contributed by atoms with Crippen LogP contribution in [0, 0.1) is 23.7 Å². The fourth-order valence-electron chi connectivity index (χ4n) is 4.26. The number of hydrogen-bond donors (Lipinski definition) is 1. The fraction of sp³-hybridized carbons (Fsp3) is 0.500. The van der Waals surface area contributed by atoms with Crippen molar-refractivity contribution in [2.45, 2.75) is 50.2 Å². The van der Waals surface area contributed by atoms with Gasteiger partial charge in [-0.25, -0.2) is 4.79 Å². The molecule has 0 unspecified atom stereocenters. The van der Waals surface area contributed by atoms with Crippen LogP contribution in [-0.4, -0.2) is 72.0 Å². The number of piperidine rings is 1. The summed E-state index contributed by atoms with van der Waals surface area (Å²) in [6, 6.07) is 7.78. The molecule has 2 heterocycles. The molecule has 1 aromatic rings. The van der Waals surface area contributed by atoms with Gasteiger partial charge in [-0.2, -0.15) is 5.26 Å². The smallest absolute Gasteiger partial charge is 0.337 e. The number of benzene rings is 1. The van der Waals surface area contributed by atoms with Crippen molar-refractivity contribution in [1.82, 2.24) is 15.1 Å². The van der Waals surface area contributed by atoms with Crippen LogP contribution in [0.15, 0.2) is 24.3 Å². The van der Waals surface area contributed by atoms with E-state index in [0.717, 1.165) is 0 Å². The van der Waals surface area contributed by atoms with Crippen LogP contribution in [0.25, 0.3) is 0 Å². The van der Waals surface area contributed by atoms with Crippen LogP contribution < -0.4 is 5.32 Å². The lowest BCUT2D eigenvalue weighted by Crippen LogP contribution is -2.55. The number of methoxy groups -OCH3 is 1. The highest BCUT2D eigenvalue weighted by atomic mass is 16.5. The van der Waals surface area contributed by atoms with E-state index in [1.165, 1.54) is 12.0 Å². The van der Waals surface area contributed by atoms with E-state index < -0.39 is 12.0 Å². The quantitative estimate of drug-likeness (QED) is 0.555. The highest BCUT2D eigenvalue weighted by Crippen LogP contribution is 2.25. The molecular formula is C24H28N4O4. The lowest BCUT2D eigenvalue weighted by atomic mass is 9.89. The zero-order valence-corrected chi connectivity index (χ0v) is 18.5. The van der Waals surface area contributed by atoms with Crippen LogP contribution in [0.2, 0.25) is 0 Å². The Balaban J connectivity index is 1.53. The van der Waals surface area contributed by atoms with Crippen molar-refractivity contribution in [3.8, 4) is 18.4 Å². The molecule has 0 radical (unpaired) electrons. The number of carbonyl (C=O) groups excluding carboxylic acids is 3. The molecule has 0 saturated carbocycles. The van der Waals surface area contributed by atoms with Crippen molar-refractivity contribution in [3.63, 3.8) is 0 Å². The van der Waals surface area contributed by atoms with Crippen LogP contribution in [0.1, 0.15) is 53.3 Å². The van der Waals surface area contributed by atoms with E-state index in [4.69, 9.17) is 6.42 Å². The van der Waals surface area contributed by atoms with Gasteiger partial charge >= 0.3 is 5.97 Å². The first-order chi connectivity index (χ1) is 15.3. The Hall–Kier alpha value is -3.36. The summed E-state index contributed by atoms with van der Waals surface area (Å²) >= 11 is 0. The average molecular weight is 437 g/mol. The highest BCUT2D eigenvalue weighted by molar-refractivity contribution is 5.96. The van der Waals surface area contributed by atoms with Gasteiger partial charge < -0.3 is 19.9 Å². The monoisotopic (exact) mass is 436 g/mol. The molecule has 2 fully saturated rings. The Labute approximate surface area is 188 Å². The van der Waals surface area contributed by atoms with Gasteiger partial charge in [0, 0.05) is 24.2 Å². The molecular weight excluding hydrogens is 408 g/mol. The molecule has 1 N–H and O–H groups in total. The minimum atomic E-state index is -0.469. The molecule has 8 nitrogen and oxygen atoms in total. The number of ether oxygens (including phenoxy) is 1. The van der Waals surface area contributed by atoms with Gasteiger partial charge in [0.1, 0.15) is 6.04 Å². The number of rotatable bonds is 5. The number of amides is 2. The Kier molecular flexibility index (Phi) is 7.17. The fourth-order valence-corrected chi connectivity index (χ4v) is 4.26. The van der Waals surface area contributed by atoms with Crippen LogP contribution in [0.4, 0.5) is 0 Å². The van der Waals surface area contributed by atoms with Crippen molar-refractivity contribution in [1.29, 1.82) is 5.26 Å². The zero-order chi connectivity index (χ0) is 23.3. The van der Waals surface area contributed by atoms with E-state index in [9.17, 15) is 19.6 Å². The van der Waals surface area contributed by atoms with Gasteiger partial charge in [0.15, 0.2) is 0 Å². The number of nitrogens with zero attached hydrogens (tertiary/aromatic N) is 3. The maximum Gasteiger partial charge on any atom is 0.337 e. The highest BCUT2D eigenvalue weighted by Gasteiger charge is 2.37. The Morgan fingerprint density at radius 2 is 1.75 bits per heavy atom. The third kappa shape index (κ3) is 4.92. The topological polar surface area (TPSA) is 103 Å². The number of likely N-dealkylation sites (tertiary alicyclic amines) is 2. The SMILES string of the molecule is C#C[C@H]1CC[C@@H](C#N)N1C(=O)CNC1(C)CCN(C(=O)c2ccc(C(=O)OC)cc2)CC1. The molecule has 8 heteroatoms. The molecule has 2 aliphatic heterocycles. The molecule has 0 aromatic heterocycles. The summed E-state index contributed by atoms with van der Waals surface area (Å²) in [4.78, 5) is 40.4. The molecule has 2 aliphatic rings. The normalized spacial score (nSPS) is 22.0. The molecule has 32 heavy (non-hydrogen) atoms. The van der Waals surface area contributed by atoms with Crippen molar-refractivity contribution < 1.29 is 19.1 Å². The lowest BCUT2D eigenvalue weighted by Gasteiger charge is -2.40. The first-order valence-corrected chi connectivity index (χ1v) is 10.7. The third-order valence-electron chi connectivity index (χ3n) is 6.39. The first-order valence-electron chi connectivity index (χ1n) is 10.7. The second-order valence-corrected chi connectivity index (χ2v) is 8.48. The summed E-state index contributed by atoms with van der Waals surface area (Å²) in [5.74, 6) is 1.91. The molecule has 3 rings (SSSR count). The number of carbonyl (C=O) groups is 3. The average Bonchev–Trinajstić information content (AvgIpc) is 3.25. The van der Waals surface area contributed by atoms with Crippen LogP contribution in [0.5, 0.6) is 0 Å². The molecule has 2 atom stereocenters. The van der Waals surface area contributed by atoms with Crippen molar-refractivity contribution >= 4 is 17.8 Å². The van der Waals surface area contributed by atoms with Crippen molar-refractivity contribution in [3.05, 3.63) is 35.4 Å².